The maximum Gasteiger partial charge on any atom is 0.0594 e. The average molecular weight is 264 g/mol. The molecule has 2 fully saturated rings. The van der Waals surface area contributed by atoms with Crippen LogP contribution in [-0.4, -0.2) is 72.5 Å². The Balaban J connectivity index is 1.45. The minimum Gasteiger partial charge on any atom is -0.379 e. The van der Waals surface area contributed by atoms with Crippen molar-refractivity contribution in [2.75, 3.05) is 52.5 Å². The van der Waals surface area contributed by atoms with Gasteiger partial charge in [-0.2, -0.15) is 5.10 Å². The lowest BCUT2D eigenvalue weighted by Crippen LogP contribution is -2.43. The first-order valence-electron chi connectivity index (χ1n) is 7.43. The number of morpholine rings is 1. The van der Waals surface area contributed by atoms with Crippen LogP contribution in [0, 0.1) is 0 Å². The van der Waals surface area contributed by atoms with Crippen LogP contribution in [0.1, 0.15) is 24.5 Å². The Morgan fingerprint density at radius 1 is 1.21 bits per heavy atom. The van der Waals surface area contributed by atoms with Crippen molar-refractivity contribution in [2.45, 2.75) is 18.8 Å². The molecule has 0 amide bonds. The number of nitrogens with one attached hydrogen (secondary N) is 1. The summed E-state index contributed by atoms with van der Waals surface area (Å²) in [4.78, 5) is 5.12. The van der Waals surface area contributed by atoms with Crippen molar-refractivity contribution in [3.63, 3.8) is 0 Å². The van der Waals surface area contributed by atoms with Crippen molar-refractivity contribution in [1.29, 1.82) is 0 Å². The molecule has 0 radical (unpaired) electrons. The van der Waals surface area contributed by atoms with Gasteiger partial charge in [-0.05, 0) is 25.5 Å². The monoisotopic (exact) mass is 264 g/mol. The first kappa shape index (κ1) is 13.1. The predicted octanol–water partition coefficient (Wildman–Crippen LogP) is 0.921. The van der Waals surface area contributed by atoms with Gasteiger partial charge < -0.3 is 9.64 Å². The predicted molar refractivity (Wildman–Crippen MR) is 74.3 cm³/mol. The molecule has 0 aliphatic carbocycles. The lowest BCUT2D eigenvalue weighted by Gasteiger charge is -2.34. The molecule has 3 rings (SSSR count). The highest BCUT2D eigenvalue weighted by molar-refractivity contribution is 5.07. The van der Waals surface area contributed by atoms with Crippen LogP contribution >= 0.6 is 0 Å². The summed E-state index contributed by atoms with van der Waals surface area (Å²) in [6, 6.07) is 2.12. The molecule has 2 saturated heterocycles. The molecular weight excluding hydrogens is 240 g/mol. The highest BCUT2D eigenvalue weighted by atomic mass is 16.5. The third kappa shape index (κ3) is 3.55. The number of aromatic amines is 1. The largest absolute Gasteiger partial charge is 0.379 e. The number of hydrogen-bond donors (Lipinski definition) is 1. The normalized spacial score (nSPS) is 26.6. The van der Waals surface area contributed by atoms with Crippen LogP contribution in [0.4, 0.5) is 0 Å². The molecule has 0 spiro atoms. The second-order valence-electron chi connectivity index (χ2n) is 5.61. The molecule has 3 heterocycles. The standard InChI is InChI=1S/C14H24N4O/c1-2-13(14-3-4-15-16-14)12-18(5-1)7-6-17-8-10-19-11-9-17/h3-4,13H,1-2,5-12H2,(H,15,16)/t13-/m0/s1. The van der Waals surface area contributed by atoms with E-state index in [9.17, 15) is 0 Å². The maximum absolute atomic E-state index is 5.39. The quantitative estimate of drug-likeness (QED) is 0.878. The maximum atomic E-state index is 5.39. The topological polar surface area (TPSA) is 44.4 Å². The smallest absolute Gasteiger partial charge is 0.0594 e. The van der Waals surface area contributed by atoms with Crippen molar-refractivity contribution in [3.8, 4) is 0 Å². The molecule has 0 unspecified atom stereocenters. The molecule has 1 atom stereocenters. The summed E-state index contributed by atoms with van der Waals surface area (Å²) in [5, 5.41) is 7.21. The van der Waals surface area contributed by atoms with Gasteiger partial charge in [-0.25, -0.2) is 0 Å². The van der Waals surface area contributed by atoms with Gasteiger partial charge in [0.2, 0.25) is 0 Å². The van der Waals surface area contributed by atoms with Gasteiger partial charge >= 0.3 is 0 Å². The Morgan fingerprint density at radius 3 is 2.84 bits per heavy atom. The van der Waals surface area contributed by atoms with E-state index in [-0.39, 0.29) is 0 Å². The molecule has 2 aliphatic heterocycles. The van der Waals surface area contributed by atoms with E-state index in [4.69, 9.17) is 4.74 Å². The zero-order chi connectivity index (χ0) is 12.9. The van der Waals surface area contributed by atoms with Crippen LogP contribution < -0.4 is 0 Å². The average Bonchev–Trinajstić information content (AvgIpc) is 3.01. The molecule has 0 aromatic carbocycles. The number of nitrogens with zero attached hydrogens (tertiary/aromatic N) is 3. The van der Waals surface area contributed by atoms with E-state index in [1.807, 2.05) is 6.20 Å². The van der Waals surface area contributed by atoms with Crippen LogP contribution in [-0.2, 0) is 4.74 Å². The van der Waals surface area contributed by atoms with Gasteiger partial charge in [0.1, 0.15) is 0 Å². The van der Waals surface area contributed by atoms with Gasteiger partial charge in [-0.1, -0.05) is 0 Å². The number of H-pyrrole nitrogens is 1. The summed E-state index contributed by atoms with van der Waals surface area (Å²) in [5.41, 5.74) is 1.30. The van der Waals surface area contributed by atoms with Crippen molar-refractivity contribution < 1.29 is 4.74 Å². The molecule has 1 aromatic rings. The summed E-state index contributed by atoms with van der Waals surface area (Å²) in [5.74, 6) is 0.640. The fourth-order valence-electron chi connectivity index (χ4n) is 3.11. The fourth-order valence-corrected chi connectivity index (χ4v) is 3.11. The summed E-state index contributed by atoms with van der Waals surface area (Å²) in [7, 11) is 0. The molecule has 1 aromatic heterocycles. The van der Waals surface area contributed by atoms with Crippen LogP contribution in [0.15, 0.2) is 12.3 Å². The highest BCUT2D eigenvalue weighted by Gasteiger charge is 2.22. The lowest BCUT2D eigenvalue weighted by atomic mass is 9.95. The van der Waals surface area contributed by atoms with Crippen molar-refractivity contribution in [1.82, 2.24) is 20.0 Å². The summed E-state index contributed by atoms with van der Waals surface area (Å²) in [6.45, 7) is 8.77. The van der Waals surface area contributed by atoms with Gasteiger partial charge in [0.25, 0.3) is 0 Å². The van der Waals surface area contributed by atoms with E-state index in [1.165, 1.54) is 44.7 Å². The molecule has 0 bridgehead atoms. The van der Waals surface area contributed by atoms with Crippen LogP contribution in [0.2, 0.25) is 0 Å². The summed E-state index contributed by atoms with van der Waals surface area (Å²) >= 11 is 0. The van der Waals surface area contributed by atoms with E-state index in [0.717, 1.165) is 26.3 Å². The molecule has 19 heavy (non-hydrogen) atoms. The number of hydrogen-bond acceptors (Lipinski definition) is 4. The van der Waals surface area contributed by atoms with Crippen molar-refractivity contribution in [2.24, 2.45) is 0 Å². The van der Waals surface area contributed by atoms with E-state index in [0.29, 0.717) is 5.92 Å². The zero-order valence-corrected chi connectivity index (χ0v) is 11.6. The molecule has 0 saturated carbocycles. The van der Waals surface area contributed by atoms with Crippen LogP contribution in [0.3, 0.4) is 0 Å². The van der Waals surface area contributed by atoms with E-state index < -0.39 is 0 Å². The molecule has 5 nitrogen and oxygen atoms in total. The Kier molecular flexibility index (Phi) is 4.48. The van der Waals surface area contributed by atoms with Gasteiger partial charge in [-0.3, -0.25) is 10.00 Å². The summed E-state index contributed by atoms with van der Waals surface area (Å²) in [6.07, 6.45) is 4.45. The van der Waals surface area contributed by atoms with Crippen LogP contribution in [0.25, 0.3) is 0 Å². The molecule has 5 heteroatoms. The number of likely N-dealkylation sites (tertiary alicyclic amines) is 1. The number of piperidine rings is 1. The second kappa shape index (κ2) is 6.50. The molecule has 106 valence electrons. The first-order chi connectivity index (χ1) is 9.42. The summed E-state index contributed by atoms with van der Waals surface area (Å²) < 4.78 is 5.39. The fraction of sp³-hybridized carbons (Fsp3) is 0.786. The van der Waals surface area contributed by atoms with Gasteiger partial charge in [0, 0.05) is 50.5 Å². The number of ether oxygens (including phenoxy) is 1. The van der Waals surface area contributed by atoms with Crippen molar-refractivity contribution >= 4 is 0 Å². The van der Waals surface area contributed by atoms with Crippen LogP contribution in [0.5, 0.6) is 0 Å². The molecule has 2 aliphatic rings. The third-order valence-electron chi connectivity index (χ3n) is 4.30. The Labute approximate surface area is 114 Å². The Morgan fingerprint density at radius 2 is 2.05 bits per heavy atom. The Hall–Kier alpha value is -0.910. The molecule has 1 N–H and O–H groups in total. The number of rotatable bonds is 4. The van der Waals surface area contributed by atoms with E-state index >= 15 is 0 Å². The first-order valence-corrected chi connectivity index (χ1v) is 7.43. The molecular formula is C14H24N4O. The van der Waals surface area contributed by atoms with E-state index in [2.05, 4.69) is 26.1 Å². The number of aromatic nitrogens is 2. The lowest BCUT2D eigenvalue weighted by molar-refractivity contribution is 0.0318. The third-order valence-corrected chi connectivity index (χ3v) is 4.30. The zero-order valence-electron chi connectivity index (χ0n) is 11.6. The minimum absolute atomic E-state index is 0.640. The minimum atomic E-state index is 0.640. The highest BCUT2D eigenvalue weighted by Crippen LogP contribution is 2.24. The van der Waals surface area contributed by atoms with Gasteiger partial charge in [0.15, 0.2) is 0 Å². The Bertz CT molecular complexity index is 362. The van der Waals surface area contributed by atoms with Gasteiger partial charge in [-0.15, -0.1) is 0 Å². The SMILES string of the molecule is c1cc([C@H]2CCCN(CCN3CCOCC3)C2)[nH]n1. The van der Waals surface area contributed by atoms with E-state index in [1.54, 1.807) is 0 Å². The second-order valence-corrected chi connectivity index (χ2v) is 5.61. The van der Waals surface area contributed by atoms with Crippen molar-refractivity contribution in [3.05, 3.63) is 18.0 Å². The van der Waals surface area contributed by atoms with Gasteiger partial charge in [0.05, 0.1) is 13.2 Å².